The summed E-state index contributed by atoms with van der Waals surface area (Å²) < 4.78 is 33.2. The maximum absolute atomic E-state index is 12.8. The highest BCUT2D eigenvalue weighted by Gasteiger charge is 2.26. The van der Waals surface area contributed by atoms with Crippen LogP contribution >= 0.6 is 0 Å². The minimum atomic E-state index is -3.89. The van der Waals surface area contributed by atoms with E-state index in [-0.39, 0.29) is 10.5 Å². The normalized spacial score (nSPS) is 13.4. The Morgan fingerprint density at radius 3 is 2.71 bits per heavy atom. The van der Waals surface area contributed by atoms with Crippen molar-refractivity contribution in [2.24, 2.45) is 0 Å². The van der Waals surface area contributed by atoms with Crippen molar-refractivity contribution in [2.45, 2.75) is 24.2 Å². The number of carbonyl (C=O) groups is 1. The van der Waals surface area contributed by atoms with Crippen LogP contribution < -0.4 is 9.46 Å². The van der Waals surface area contributed by atoms with Gasteiger partial charge in [0.25, 0.3) is 10.0 Å². The molecule has 2 aromatic rings. The molecule has 0 bridgehead atoms. The number of anilines is 1. The second-order valence-corrected chi connectivity index (χ2v) is 7.26. The molecule has 126 valence electrons. The summed E-state index contributed by atoms with van der Waals surface area (Å²) in [5.74, 6) is -0.609. The Kier molecular flexibility index (Phi) is 4.19. The van der Waals surface area contributed by atoms with E-state index in [0.29, 0.717) is 29.8 Å². The summed E-state index contributed by atoms with van der Waals surface area (Å²) in [7, 11) is -2.39. The van der Waals surface area contributed by atoms with Crippen LogP contribution in [0.25, 0.3) is 0 Å². The van der Waals surface area contributed by atoms with Gasteiger partial charge in [0.1, 0.15) is 5.75 Å². The average molecular weight is 347 g/mol. The molecule has 2 N–H and O–H groups in total. The van der Waals surface area contributed by atoms with Gasteiger partial charge in [0, 0.05) is 6.07 Å². The minimum Gasteiger partial charge on any atom is -0.497 e. The molecule has 6 nitrogen and oxygen atoms in total. The topological polar surface area (TPSA) is 92.7 Å². The molecule has 0 saturated carbocycles. The smallest absolute Gasteiger partial charge is 0.335 e. The van der Waals surface area contributed by atoms with Gasteiger partial charge in [0.2, 0.25) is 0 Å². The minimum absolute atomic E-state index is 0.0123. The maximum atomic E-state index is 12.8. The number of carboxylic acid groups (broad SMARTS) is 1. The van der Waals surface area contributed by atoms with Gasteiger partial charge in [-0.25, -0.2) is 13.2 Å². The largest absolute Gasteiger partial charge is 0.497 e. The van der Waals surface area contributed by atoms with Gasteiger partial charge in [0.15, 0.2) is 0 Å². The molecule has 1 aliphatic carbocycles. The summed E-state index contributed by atoms with van der Waals surface area (Å²) >= 11 is 0. The summed E-state index contributed by atoms with van der Waals surface area (Å²) in [6.07, 6.45) is 2.14. The zero-order valence-electron chi connectivity index (χ0n) is 13.1. The quantitative estimate of drug-likeness (QED) is 0.867. The second-order valence-electron chi connectivity index (χ2n) is 5.61. The number of benzene rings is 2. The van der Waals surface area contributed by atoms with E-state index in [2.05, 4.69) is 4.72 Å². The van der Waals surface area contributed by atoms with Gasteiger partial charge in [-0.1, -0.05) is 6.07 Å². The van der Waals surface area contributed by atoms with Crippen LogP contribution in [0.2, 0.25) is 0 Å². The van der Waals surface area contributed by atoms with Crippen molar-refractivity contribution in [1.29, 1.82) is 0 Å². The van der Waals surface area contributed by atoms with E-state index >= 15 is 0 Å². The first-order valence-electron chi connectivity index (χ1n) is 7.46. The number of aromatic carboxylic acids is 1. The van der Waals surface area contributed by atoms with E-state index in [4.69, 9.17) is 4.74 Å². The van der Waals surface area contributed by atoms with Crippen LogP contribution in [0.3, 0.4) is 0 Å². The predicted octanol–water partition coefficient (Wildman–Crippen LogP) is 2.68. The molecule has 0 amide bonds. The van der Waals surface area contributed by atoms with Crippen molar-refractivity contribution < 1.29 is 23.1 Å². The van der Waals surface area contributed by atoms with Gasteiger partial charge in [-0.15, -0.1) is 0 Å². The third-order valence-corrected chi connectivity index (χ3v) is 5.48. The van der Waals surface area contributed by atoms with Crippen molar-refractivity contribution in [2.75, 3.05) is 11.8 Å². The molecule has 7 heteroatoms. The molecule has 0 saturated heterocycles. The SMILES string of the molecule is COc1cccc(NS(=O)(=O)c2cc(C(=O)O)cc3c2CCC3)c1. The zero-order valence-corrected chi connectivity index (χ0v) is 13.9. The number of hydrogen-bond donors (Lipinski definition) is 2. The standard InChI is InChI=1S/C17H17NO5S/c1-23-14-6-3-5-13(10-14)18-24(21,22)16-9-12(17(19)20)8-11-4-2-7-15(11)16/h3,5-6,8-10,18H,2,4,7H2,1H3,(H,19,20). The van der Waals surface area contributed by atoms with Crippen molar-refractivity contribution >= 4 is 21.7 Å². The van der Waals surface area contributed by atoms with Gasteiger partial charge in [-0.05, 0) is 54.7 Å². The van der Waals surface area contributed by atoms with Gasteiger partial charge >= 0.3 is 5.97 Å². The molecule has 0 fully saturated rings. The lowest BCUT2D eigenvalue weighted by Crippen LogP contribution is -2.16. The van der Waals surface area contributed by atoms with Gasteiger partial charge in [-0.3, -0.25) is 4.72 Å². The molecule has 1 aliphatic rings. The van der Waals surface area contributed by atoms with Crippen molar-refractivity contribution in [3.05, 3.63) is 53.1 Å². The van der Waals surface area contributed by atoms with Crippen molar-refractivity contribution in [3.63, 3.8) is 0 Å². The molecule has 0 aromatic heterocycles. The molecule has 0 aliphatic heterocycles. The summed E-state index contributed by atoms with van der Waals surface area (Å²) in [6.45, 7) is 0. The van der Waals surface area contributed by atoms with Crippen LogP contribution in [0.5, 0.6) is 5.75 Å². The number of fused-ring (bicyclic) bond motifs is 1. The van der Waals surface area contributed by atoms with Crippen molar-refractivity contribution in [3.8, 4) is 5.75 Å². The van der Waals surface area contributed by atoms with E-state index < -0.39 is 16.0 Å². The lowest BCUT2D eigenvalue weighted by atomic mass is 10.1. The molecule has 0 spiro atoms. The molecule has 0 radical (unpaired) electrons. The van der Waals surface area contributed by atoms with E-state index in [0.717, 1.165) is 12.0 Å². The average Bonchev–Trinajstić information content (AvgIpc) is 3.01. The van der Waals surface area contributed by atoms with Crippen LogP contribution in [-0.4, -0.2) is 26.6 Å². The highest BCUT2D eigenvalue weighted by atomic mass is 32.2. The fraction of sp³-hybridized carbons (Fsp3) is 0.235. The Balaban J connectivity index is 2.05. The first-order chi connectivity index (χ1) is 11.4. The molecule has 0 unspecified atom stereocenters. The number of carboxylic acids is 1. The van der Waals surface area contributed by atoms with Gasteiger partial charge in [-0.2, -0.15) is 0 Å². The summed E-state index contributed by atoms with van der Waals surface area (Å²) in [4.78, 5) is 11.3. The third kappa shape index (κ3) is 3.07. The highest BCUT2D eigenvalue weighted by Crippen LogP contribution is 2.31. The summed E-state index contributed by atoms with van der Waals surface area (Å²) in [5.41, 5.74) is 1.85. The predicted molar refractivity (Wildman–Crippen MR) is 89.2 cm³/mol. The fourth-order valence-corrected chi connectivity index (χ4v) is 4.31. The Hall–Kier alpha value is -2.54. The lowest BCUT2D eigenvalue weighted by molar-refractivity contribution is 0.0696. The first kappa shape index (κ1) is 16.3. The number of aryl methyl sites for hydroxylation is 1. The Morgan fingerprint density at radius 2 is 2.00 bits per heavy atom. The number of hydrogen-bond acceptors (Lipinski definition) is 4. The number of sulfonamides is 1. The number of methoxy groups -OCH3 is 1. The first-order valence-corrected chi connectivity index (χ1v) is 8.95. The molecule has 3 rings (SSSR count). The van der Waals surface area contributed by atoms with Crippen LogP contribution in [0.4, 0.5) is 5.69 Å². The van der Waals surface area contributed by atoms with Crippen LogP contribution in [0.15, 0.2) is 41.3 Å². The monoisotopic (exact) mass is 347 g/mol. The Morgan fingerprint density at radius 1 is 1.21 bits per heavy atom. The second kappa shape index (κ2) is 6.16. The van der Waals surface area contributed by atoms with Gasteiger partial charge in [0.05, 0.1) is 23.3 Å². The molecule has 2 aromatic carbocycles. The number of rotatable bonds is 5. The fourth-order valence-electron chi connectivity index (χ4n) is 2.93. The van der Waals surface area contributed by atoms with E-state index in [1.165, 1.54) is 13.2 Å². The van der Waals surface area contributed by atoms with E-state index in [1.54, 1.807) is 30.3 Å². The lowest BCUT2D eigenvalue weighted by Gasteiger charge is -2.13. The van der Waals surface area contributed by atoms with Crippen LogP contribution in [0, 0.1) is 0 Å². The van der Waals surface area contributed by atoms with E-state index in [9.17, 15) is 18.3 Å². The van der Waals surface area contributed by atoms with Crippen molar-refractivity contribution in [1.82, 2.24) is 0 Å². The number of nitrogens with one attached hydrogen (secondary N) is 1. The van der Waals surface area contributed by atoms with Gasteiger partial charge < -0.3 is 9.84 Å². The van der Waals surface area contributed by atoms with Crippen LogP contribution in [0.1, 0.15) is 27.9 Å². The highest BCUT2D eigenvalue weighted by molar-refractivity contribution is 7.92. The third-order valence-electron chi connectivity index (χ3n) is 4.03. The van der Waals surface area contributed by atoms with Crippen LogP contribution in [-0.2, 0) is 22.9 Å². The molecule has 24 heavy (non-hydrogen) atoms. The summed E-state index contributed by atoms with van der Waals surface area (Å²) in [5, 5.41) is 9.23. The molecule has 0 heterocycles. The maximum Gasteiger partial charge on any atom is 0.335 e. The Labute approximate surface area is 140 Å². The number of ether oxygens (including phenoxy) is 1. The molecular weight excluding hydrogens is 330 g/mol. The molecule has 0 atom stereocenters. The zero-order chi connectivity index (χ0) is 17.3. The Bertz CT molecular complexity index is 905. The summed E-state index contributed by atoms with van der Waals surface area (Å²) in [6, 6.07) is 9.36. The van der Waals surface area contributed by atoms with E-state index in [1.807, 2.05) is 0 Å². The molecular formula is C17H17NO5S.